The van der Waals surface area contributed by atoms with E-state index in [9.17, 15) is 0 Å². The summed E-state index contributed by atoms with van der Waals surface area (Å²) in [6.45, 7) is 3.13. The molecule has 3 nitrogen and oxygen atoms in total. The van der Waals surface area contributed by atoms with Crippen molar-refractivity contribution in [1.82, 2.24) is 14.8 Å². The van der Waals surface area contributed by atoms with Crippen LogP contribution in [0.25, 0.3) is 11.4 Å². The molecule has 0 aliphatic rings. The Bertz CT molecular complexity index is 364. The lowest BCUT2D eigenvalue weighted by atomic mass is 10.3. The van der Waals surface area contributed by atoms with Gasteiger partial charge in [-0.2, -0.15) is 11.3 Å². The van der Waals surface area contributed by atoms with Crippen molar-refractivity contribution in [2.75, 3.05) is 0 Å². The van der Waals surface area contributed by atoms with Gasteiger partial charge < -0.3 is 4.57 Å². The van der Waals surface area contributed by atoms with Crippen LogP contribution in [0.15, 0.2) is 23.2 Å². The van der Waals surface area contributed by atoms with Crippen LogP contribution in [-0.2, 0) is 6.54 Å². The van der Waals surface area contributed by atoms with Crippen LogP contribution in [0, 0.1) is 0 Å². The summed E-state index contributed by atoms with van der Waals surface area (Å²) in [5.74, 6) is 0.975. The maximum Gasteiger partial charge on any atom is 0.164 e. The molecule has 0 aromatic carbocycles. The molecule has 2 aromatic heterocycles. The van der Waals surface area contributed by atoms with Crippen LogP contribution >= 0.6 is 11.3 Å². The van der Waals surface area contributed by atoms with E-state index >= 15 is 0 Å². The highest BCUT2D eigenvalue weighted by Gasteiger charge is 2.05. The van der Waals surface area contributed by atoms with Crippen LogP contribution in [0.1, 0.15) is 13.3 Å². The van der Waals surface area contributed by atoms with E-state index in [1.54, 1.807) is 17.7 Å². The van der Waals surface area contributed by atoms with Gasteiger partial charge in [-0.15, -0.1) is 10.2 Å². The summed E-state index contributed by atoms with van der Waals surface area (Å²) in [6, 6.07) is 2.07. The Morgan fingerprint density at radius 3 is 3.15 bits per heavy atom. The quantitative estimate of drug-likeness (QED) is 0.749. The molecule has 2 heterocycles. The van der Waals surface area contributed by atoms with Gasteiger partial charge in [-0.05, 0) is 17.9 Å². The first-order valence-corrected chi connectivity index (χ1v) is 5.26. The molecule has 0 fully saturated rings. The van der Waals surface area contributed by atoms with E-state index in [-0.39, 0.29) is 0 Å². The third-order valence-electron chi connectivity index (χ3n) is 1.86. The van der Waals surface area contributed by atoms with Gasteiger partial charge in [-0.25, -0.2) is 0 Å². The minimum atomic E-state index is 0.975. The number of thiophene rings is 1. The highest BCUT2D eigenvalue weighted by Crippen LogP contribution is 2.19. The molecular formula is C9H11N3S. The molecule has 0 aliphatic heterocycles. The van der Waals surface area contributed by atoms with Gasteiger partial charge >= 0.3 is 0 Å². The van der Waals surface area contributed by atoms with Crippen molar-refractivity contribution in [2.45, 2.75) is 19.9 Å². The molecule has 0 spiro atoms. The first-order valence-electron chi connectivity index (χ1n) is 4.32. The molecule has 13 heavy (non-hydrogen) atoms. The van der Waals surface area contributed by atoms with Gasteiger partial charge in [0.2, 0.25) is 0 Å². The summed E-state index contributed by atoms with van der Waals surface area (Å²) in [7, 11) is 0. The van der Waals surface area contributed by atoms with Crippen LogP contribution in [-0.4, -0.2) is 14.8 Å². The average Bonchev–Trinajstić information content (AvgIpc) is 2.71. The molecule has 0 saturated carbocycles. The molecule has 0 amide bonds. The van der Waals surface area contributed by atoms with Gasteiger partial charge in [0.15, 0.2) is 5.82 Å². The van der Waals surface area contributed by atoms with Gasteiger partial charge in [0.05, 0.1) is 0 Å². The minimum absolute atomic E-state index is 0.975. The second-order valence-electron chi connectivity index (χ2n) is 2.86. The largest absolute Gasteiger partial charge is 0.314 e. The van der Waals surface area contributed by atoms with Crippen LogP contribution in [0.2, 0.25) is 0 Å². The van der Waals surface area contributed by atoms with E-state index in [1.165, 1.54) is 0 Å². The second-order valence-corrected chi connectivity index (χ2v) is 3.64. The zero-order chi connectivity index (χ0) is 9.10. The molecule has 0 N–H and O–H groups in total. The van der Waals surface area contributed by atoms with E-state index < -0.39 is 0 Å². The Kier molecular flexibility index (Phi) is 2.40. The zero-order valence-corrected chi connectivity index (χ0v) is 8.29. The standard InChI is InChI=1S/C9H11N3S/c1-2-4-12-7-10-11-9(12)8-3-5-13-6-8/h3,5-7H,2,4H2,1H3. The number of hydrogen-bond donors (Lipinski definition) is 0. The Hall–Kier alpha value is -1.16. The molecule has 0 atom stereocenters. The fraction of sp³-hybridized carbons (Fsp3) is 0.333. The van der Waals surface area contributed by atoms with Crippen LogP contribution in [0.4, 0.5) is 0 Å². The van der Waals surface area contributed by atoms with Gasteiger partial charge in [0.1, 0.15) is 6.33 Å². The number of hydrogen-bond acceptors (Lipinski definition) is 3. The number of nitrogens with zero attached hydrogens (tertiary/aromatic N) is 3. The van der Waals surface area contributed by atoms with Gasteiger partial charge in [-0.1, -0.05) is 6.92 Å². The number of rotatable bonds is 3. The third kappa shape index (κ3) is 1.62. The topological polar surface area (TPSA) is 30.7 Å². The monoisotopic (exact) mass is 193 g/mol. The van der Waals surface area contributed by atoms with Crippen molar-refractivity contribution in [2.24, 2.45) is 0 Å². The van der Waals surface area contributed by atoms with E-state index in [2.05, 4.69) is 38.5 Å². The highest BCUT2D eigenvalue weighted by atomic mass is 32.1. The summed E-state index contributed by atoms with van der Waals surface area (Å²) in [4.78, 5) is 0. The SMILES string of the molecule is CCCn1cnnc1-c1ccsc1. The molecule has 4 heteroatoms. The zero-order valence-electron chi connectivity index (χ0n) is 7.47. The van der Waals surface area contributed by atoms with Crippen molar-refractivity contribution in [3.63, 3.8) is 0 Å². The molecule has 0 radical (unpaired) electrons. The predicted octanol–water partition coefficient (Wildman–Crippen LogP) is 2.42. The number of aromatic nitrogens is 3. The first kappa shape index (κ1) is 8.44. The van der Waals surface area contributed by atoms with Crippen LogP contribution in [0.3, 0.4) is 0 Å². The average molecular weight is 193 g/mol. The molecule has 0 aliphatic carbocycles. The van der Waals surface area contributed by atoms with Crippen molar-refractivity contribution < 1.29 is 0 Å². The van der Waals surface area contributed by atoms with Crippen LogP contribution < -0.4 is 0 Å². The summed E-state index contributed by atoms with van der Waals surface area (Å²) >= 11 is 1.68. The normalized spacial score (nSPS) is 10.5. The van der Waals surface area contributed by atoms with Crippen molar-refractivity contribution in [3.8, 4) is 11.4 Å². The highest BCUT2D eigenvalue weighted by molar-refractivity contribution is 7.08. The lowest BCUT2D eigenvalue weighted by molar-refractivity contribution is 0.683. The molecule has 0 bridgehead atoms. The lowest BCUT2D eigenvalue weighted by Gasteiger charge is -2.01. The summed E-state index contributed by atoms with van der Waals surface area (Å²) < 4.78 is 2.09. The van der Waals surface area contributed by atoms with E-state index in [4.69, 9.17) is 0 Å². The van der Waals surface area contributed by atoms with Crippen LogP contribution in [0.5, 0.6) is 0 Å². The smallest absolute Gasteiger partial charge is 0.164 e. The summed E-state index contributed by atoms with van der Waals surface area (Å²) in [5, 5.41) is 12.2. The Labute approximate surface area is 81.1 Å². The predicted molar refractivity (Wildman–Crippen MR) is 53.6 cm³/mol. The third-order valence-corrected chi connectivity index (χ3v) is 2.54. The molecule has 0 saturated heterocycles. The Morgan fingerprint density at radius 2 is 2.46 bits per heavy atom. The fourth-order valence-corrected chi connectivity index (χ4v) is 1.91. The fourth-order valence-electron chi connectivity index (χ4n) is 1.27. The first-order chi connectivity index (χ1) is 6.42. The second kappa shape index (κ2) is 3.70. The molecule has 2 aromatic rings. The van der Waals surface area contributed by atoms with Gasteiger partial charge in [0, 0.05) is 17.5 Å². The maximum atomic E-state index is 4.10. The van der Waals surface area contributed by atoms with E-state index in [1.807, 2.05) is 0 Å². The molecule has 68 valence electrons. The van der Waals surface area contributed by atoms with E-state index in [0.717, 1.165) is 24.4 Å². The molecule has 0 unspecified atom stereocenters. The van der Waals surface area contributed by atoms with Gasteiger partial charge in [-0.3, -0.25) is 0 Å². The summed E-state index contributed by atoms with van der Waals surface area (Å²) in [6.07, 6.45) is 2.89. The van der Waals surface area contributed by atoms with Crippen molar-refractivity contribution in [3.05, 3.63) is 23.2 Å². The Morgan fingerprint density at radius 1 is 1.54 bits per heavy atom. The van der Waals surface area contributed by atoms with Crippen molar-refractivity contribution >= 4 is 11.3 Å². The minimum Gasteiger partial charge on any atom is -0.314 e. The molecule has 2 rings (SSSR count). The Balaban J connectivity index is 2.35. The number of aryl methyl sites for hydroxylation is 1. The van der Waals surface area contributed by atoms with Crippen molar-refractivity contribution in [1.29, 1.82) is 0 Å². The summed E-state index contributed by atoms with van der Waals surface area (Å²) in [5.41, 5.74) is 1.16. The van der Waals surface area contributed by atoms with Gasteiger partial charge in [0.25, 0.3) is 0 Å². The lowest BCUT2D eigenvalue weighted by Crippen LogP contribution is -1.97. The molecular weight excluding hydrogens is 182 g/mol. The van der Waals surface area contributed by atoms with E-state index in [0.29, 0.717) is 0 Å². The maximum absolute atomic E-state index is 4.10.